The van der Waals surface area contributed by atoms with Crippen molar-refractivity contribution in [2.45, 2.75) is 33.1 Å². The largest absolute Gasteiger partial charge is 0.396 e. The highest BCUT2D eigenvalue weighted by atomic mass is 16.3. The van der Waals surface area contributed by atoms with Gasteiger partial charge in [-0.3, -0.25) is 9.20 Å². The number of pyridine rings is 1. The number of benzene rings is 1. The SMILES string of the molecule is CCc1cc(C(N)=O)c2nc3ccccc3n2c1N1CCC(C)(CO)CC1. The Balaban J connectivity index is 1.96. The van der Waals surface area contributed by atoms with Gasteiger partial charge in [0.15, 0.2) is 5.65 Å². The molecule has 1 fully saturated rings. The van der Waals surface area contributed by atoms with Crippen molar-refractivity contribution in [3.8, 4) is 0 Å². The fourth-order valence-corrected chi connectivity index (χ4v) is 4.07. The monoisotopic (exact) mass is 366 g/mol. The van der Waals surface area contributed by atoms with E-state index in [0.29, 0.717) is 11.2 Å². The maximum atomic E-state index is 12.1. The first kappa shape index (κ1) is 17.8. The van der Waals surface area contributed by atoms with E-state index in [-0.39, 0.29) is 12.0 Å². The van der Waals surface area contributed by atoms with Gasteiger partial charge in [0.1, 0.15) is 5.82 Å². The smallest absolute Gasteiger partial charge is 0.252 e. The number of aryl methyl sites for hydroxylation is 1. The van der Waals surface area contributed by atoms with Gasteiger partial charge in [0, 0.05) is 19.7 Å². The Kier molecular flexibility index (Phi) is 4.30. The van der Waals surface area contributed by atoms with Crippen LogP contribution in [0.3, 0.4) is 0 Å². The van der Waals surface area contributed by atoms with Crippen LogP contribution >= 0.6 is 0 Å². The number of nitrogens with zero attached hydrogens (tertiary/aromatic N) is 3. The average Bonchev–Trinajstić information content (AvgIpc) is 3.06. The molecule has 0 saturated carbocycles. The van der Waals surface area contributed by atoms with Crippen molar-refractivity contribution in [3.63, 3.8) is 0 Å². The van der Waals surface area contributed by atoms with Gasteiger partial charge in [0.05, 0.1) is 16.6 Å². The lowest BCUT2D eigenvalue weighted by molar-refractivity contribution is 0.100. The van der Waals surface area contributed by atoms with E-state index in [1.165, 1.54) is 0 Å². The molecule has 0 aliphatic carbocycles. The molecular formula is C21H26N4O2. The molecule has 3 heterocycles. The van der Waals surface area contributed by atoms with Crippen LogP contribution in [-0.4, -0.2) is 40.1 Å². The number of aliphatic hydroxyl groups excluding tert-OH is 1. The molecule has 6 nitrogen and oxygen atoms in total. The molecule has 2 aromatic heterocycles. The number of anilines is 1. The highest BCUT2D eigenvalue weighted by Crippen LogP contribution is 2.36. The quantitative estimate of drug-likeness (QED) is 0.744. The van der Waals surface area contributed by atoms with Crippen molar-refractivity contribution in [1.82, 2.24) is 9.38 Å². The summed E-state index contributed by atoms with van der Waals surface area (Å²) >= 11 is 0. The minimum absolute atomic E-state index is 0.0217. The second-order valence-electron chi connectivity index (χ2n) is 7.84. The van der Waals surface area contributed by atoms with Gasteiger partial charge in [-0.1, -0.05) is 26.0 Å². The van der Waals surface area contributed by atoms with Crippen LogP contribution in [0, 0.1) is 5.41 Å². The Morgan fingerprint density at radius 3 is 2.63 bits per heavy atom. The third-order valence-electron chi connectivity index (χ3n) is 5.92. The maximum Gasteiger partial charge on any atom is 0.252 e. The molecule has 3 aromatic rings. The van der Waals surface area contributed by atoms with Crippen LogP contribution in [0.4, 0.5) is 5.82 Å². The lowest BCUT2D eigenvalue weighted by Crippen LogP contribution is -2.41. The van der Waals surface area contributed by atoms with Gasteiger partial charge in [0.2, 0.25) is 0 Å². The van der Waals surface area contributed by atoms with Gasteiger partial charge in [-0.15, -0.1) is 0 Å². The minimum atomic E-state index is -0.456. The van der Waals surface area contributed by atoms with Gasteiger partial charge in [-0.25, -0.2) is 4.98 Å². The number of rotatable bonds is 4. The summed E-state index contributed by atoms with van der Waals surface area (Å²) in [5, 5.41) is 9.70. The number of para-hydroxylation sites is 2. The number of carbonyl (C=O) groups is 1. The molecule has 0 atom stereocenters. The van der Waals surface area contributed by atoms with Gasteiger partial charge in [-0.2, -0.15) is 0 Å². The third kappa shape index (κ3) is 2.84. The summed E-state index contributed by atoms with van der Waals surface area (Å²) in [7, 11) is 0. The van der Waals surface area contributed by atoms with Gasteiger partial charge < -0.3 is 15.7 Å². The van der Waals surface area contributed by atoms with Crippen molar-refractivity contribution in [2.24, 2.45) is 11.1 Å². The third-order valence-corrected chi connectivity index (χ3v) is 5.92. The first-order valence-electron chi connectivity index (χ1n) is 9.56. The topological polar surface area (TPSA) is 83.9 Å². The number of aromatic nitrogens is 2. The summed E-state index contributed by atoms with van der Waals surface area (Å²) in [6.07, 6.45) is 2.66. The second kappa shape index (κ2) is 6.53. The van der Waals surface area contributed by atoms with Crippen LogP contribution in [0.2, 0.25) is 0 Å². The fourth-order valence-electron chi connectivity index (χ4n) is 4.07. The molecular weight excluding hydrogens is 340 g/mol. The summed E-state index contributed by atoms with van der Waals surface area (Å²) < 4.78 is 2.09. The van der Waals surface area contributed by atoms with E-state index in [0.717, 1.165) is 54.8 Å². The summed E-state index contributed by atoms with van der Waals surface area (Å²) in [5.41, 5.74) is 9.66. The molecule has 1 aromatic carbocycles. The van der Waals surface area contributed by atoms with E-state index < -0.39 is 5.91 Å². The van der Waals surface area contributed by atoms with Crippen molar-refractivity contribution < 1.29 is 9.90 Å². The zero-order valence-corrected chi connectivity index (χ0v) is 15.9. The minimum Gasteiger partial charge on any atom is -0.396 e. The molecule has 142 valence electrons. The van der Waals surface area contributed by atoms with Crippen LogP contribution in [0.15, 0.2) is 30.3 Å². The highest BCUT2D eigenvalue weighted by Gasteiger charge is 2.31. The van der Waals surface area contributed by atoms with Gasteiger partial charge in [-0.05, 0) is 48.4 Å². The average molecular weight is 366 g/mol. The zero-order chi connectivity index (χ0) is 19.2. The fraction of sp³-hybridized carbons (Fsp3) is 0.429. The summed E-state index contributed by atoms with van der Waals surface area (Å²) in [5.74, 6) is 0.634. The normalized spacial score (nSPS) is 16.9. The number of amides is 1. The number of hydrogen-bond acceptors (Lipinski definition) is 4. The number of aliphatic hydroxyl groups is 1. The Morgan fingerprint density at radius 1 is 1.30 bits per heavy atom. The highest BCUT2D eigenvalue weighted by molar-refractivity contribution is 6.01. The number of carbonyl (C=O) groups excluding carboxylic acids is 1. The molecule has 0 bridgehead atoms. The molecule has 1 aliphatic rings. The Morgan fingerprint density at radius 2 is 2.00 bits per heavy atom. The van der Waals surface area contributed by atoms with E-state index in [1.807, 2.05) is 30.3 Å². The molecule has 6 heteroatoms. The van der Waals surface area contributed by atoms with Crippen LogP contribution in [0.25, 0.3) is 16.7 Å². The first-order chi connectivity index (χ1) is 13.0. The molecule has 27 heavy (non-hydrogen) atoms. The molecule has 1 amide bonds. The van der Waals surface area contributed by atoms with Crippen molar-refractivity contribution in [2.75, 3.05) is 24.6 Å². The van der Waals surface area contributed by atoms with E-state index in [2.05, 4.69) is 23.1 Å². The van der Waals surface area contributed by atoms with E-state index in [4.69, 9.17) is 10.7 Å². The summed E-state index contributed by atoms with van der Waals surface area (Å²) in [6.45, 7) is 6.18. The summed E-state index contributed by atoms with van der Waals surface area (Å²) in [6, 6.07) is 9.83. The zero-order valence-electron chi connectivity index (χ0n) is 15.9. The Hall–Kier alpha value is -2.60. The van der Waals surface area contributed by atoms with Crippen LogP contribution < -0.4 is 10.6 Å². The molecule has 0 unspecified atom stereocenters. The molecule has 1 saturated heterocycles. The standard InChI is InChI=1S/C21H26N4O2/c1-3-14-12-15(18(22)27)19-23-16-6-4-5-7-17(16)25(19)20(14)24-10-8-21(2,13-26)9-11-24/h4-7,12,26H,3,8-11,13H2,1-2H3,(H2,22,27). The van der Waals surface area contributed by atoms with Crippen molar-refractivity contribution >= 4 is 28.4 Å². The predicted octanol–water partition coefficient (Wildman–Crippen LogP) is 2.75. The predicted molar refractivity (Wildman–Crippen MR) is 107 cm³/mol. The van der Waals surface area contributed by atoms with E-state index in [1.54, 1.807) is 0 Å². The number of hydrogen-bond donors (Lipinski definition) is 2. The number of piperidine rings is 1. The lowest BCUT2D eigenvalue weighted by Gasteiger charge is -2.40. The molecule has 3 N–H and O–H groups in total. The van der Waals surface area contributed by atoms with Crippen LogP contribution in [0.5, 0.6) is 0 Å². The van der Waals surface area contributed by atoms with E-state index >= 15 is 0 Å². The van der Waals surface area contributed by atoms with Gasteiger partial charge >= 0.3 is 0 Å². The van der Waals surface area contributed by atoms with Gasteiger partial charge in [0.25, 0.3) is 5.91 Å². The van der Waals surface area contributed by atoms with Crippen molar-refractivity contribution in [1.29, 1.82) is 0 Å². The number of fused-ring (bicyclic) bond motifs is 3. The second-order valence-corrected chi connectivity index (χ2v) is 7.84. The Labute approximate surface area is 158 Å². The van der Waals surface area contributed by atoms with Crippen LogP contribution in [-0.2, 0) is 6.42 Å². The van der Waals surface area contributed by atoms with E-state index in [9.17, 15) is 9.90 Å². The number of primary amides is 1. The maximum absolute atomic E-state index is 12.1. The number of imidazole rings is 1. The van der Waals surface area contributed by atoms with Crippen LogP contribution in [0.1, 0.15) is 42.6 Å². The van der Waals surface area contributed by atoms with Crippen molar-refractivity contribution in [3.05, 3.63) is 41.5 Å². The lowest BCUT2D eigenvalue weighted by atomic mass is 9.81. The molecule has 0 spiro atoms. The molecule has 0 radical (unpaired) electrons. The number of nitrogens with two attached hydrogens (primary N) is 1. The summed E-state index contributed by atoms with van der Waals surface area (Å²) in [4.78, 5) is 19.2. The molecule has 4 rings (SSSR count). The molecule has 1 aliphatic heterocycles. The Bertz CT molecular complexity index is 1020. The first-order valence-corrected chi connectivity index (χ1v) is 9.56.